The topological polar surface area (TPSA) is 98.6 Å². The lowest BCUT2D eigenvalue weighted by molar-refractivity contribution is -0.163. The minimum atomic E-state index is -1.15. The summed E-state index contributed by atoms with van der Waals surface area (Å²) in [5.74, 6) is -0.324. The third-order valence-corrected chi connectivity index (χ3v) is 5.38. The molecule has 3 rings (SSSR count). The van der Waals surface area contributed by atoms with E-state index >= 15 is 0 Å². The van der Waals surface area contributed by atoms with E-state index in [-0.39, 0.29) is 0 Å². The summed E-state index contributed by atoms with van der Waals surface area (Å²) in [6, 6.07) is 9.52. The number of hydrogen-bond acceptors (Lipinski definition) is 6. The molecule has 1 aliphatic rings. The van der Waals surface area contributed by atoms with Crippen LogP contribution in [0, 0.1) is 5.41 Å². The Hall–Kier alpha value is -2.51. The third kappa shape index (κ3) is 4.66. The fourth-order valence-electron chi connectivity index (χ4n) is 3.69. The number of benzene rings is 1. The molecule has 0 saturated carbocycles. The van der Waals surface area contributed by atoms with E-state index in [9.17, 15) is 15.0 Å². The second kappa shape index (κ2) is 9.12. The van der Waals surface area contributed by atoms with Crippen molar-refractivity contribution in [2.24, 2.45) is 5.41 Å². The first-order chi connectivity index (χ1) is 13.5. The Morgan fingerprint density at radius 3 is 2.57 bits per heavy atom. The molecule has 2 aromatic rings. The zero-order valence-electron chi connectivity index (χ0n) is 16.2. The highest BCUT2D eigenvalue weighted by atomic mass is 16.4. The Balaban J connectivity index is 1.63. The number of nitrogens with one attached hydrogen (secondary N) is 1. The standard InChI is InChI=1S/C21H28N4O3/c1-2-9-22-20-23-12-17(13-24-20)14-25-10-8-21(19(27)28,18(26)15-25)11-16-6-4-3-5-7-16/h3-7,12-13,18,26H,2,8-11,14-15H2,1H3,(H,27,28)(H,22,23,24)/t18-,21-/m1/s1. The van der Waals surface area contributed by atoms with Crippen molar-refractivity contribution in [2.45, 2.75) is 38.8 Å². The average molecular weight is 384 g/mol. The molecule has 0 amide bonds. The van der Waals surface area contributed by atoms with E-state index in [1.807, 2.05) is 30.3 Å². The first-order valence-corrected chi connectivity index (χ1v) is 9.76. The lowest BCUT2D eigenvalue weighted by Crippen LogP contribution is -2.55. The molecular formula is C21H28N4O3. The van der Waals surface area contributed by atoms with Crippen LogP contribution in [0.2, 0.25) is 0 Å². The van der Waals surface area contributed by atoms with Gasteiger partial charge in [-0.15, -0.1) is 0 Å². The highest BCUT2D eigenvalue weighted by molar-refractivity contribution is 5.76. The van der Waals surface area contributed by atoms with Gasteiger partial charge in [-0.3, -0.25) is 9.69 Å². The molecule has 2 atom stereocenters. The maximum Gasteiger partial charge on any atom is 0.312 e. The summed E-state index contributed by atoms with van der Waals surface area (Å²) < 4.78 is 0. The van der Waals surface area contributed by atoms with Gasteiger partial charge in [-0.2, -0.15) is 0 Å². The highest BCUT2D eigenvalue weighted by Gasteiger charge is 2.48. The van der Waals surface area contributed by atoms with Gasteiger partial charge in [-0.05, 0) is 31.4 Å². The molecule has 1 saturated heterocycles. The largest absolute Gasteiger partial charge is 0.481 e. The van der Waals surface area contributed by atoms with E-state index in [4.69, 9.17) is 0 Å². The number of hydrogen-bond donors (Lipinski definition) is 3. The zero-order chi connectivity index (χ0) is 20.0. The van der Waals surface area contributed by atoms with Crippen LogP contribution in [-0.4, -0.2) is 56.8 Å². The van der Waals surface area contributed by atoms with Crippen molar-refractivity contribution < 1.29 is 15.0 Å². The zero-order valence-corrected chi connectivity index (χ0v) is 16.2. The van der Waals surface area contributed by atoms with Crippen LogP contribution in [0.15, 0.2) is 42.7 Å². The Kier molecular flexibility index (Phi) is 6.59. The first-order valence-electron chi connectivity index (χ1n) is 9.76. The summed E-state index contributed by atoms with van der Waals surface area (Å²) in [4.78, 5) is 22.8. The summed E-state index contributed by atoms with van der Waals surface area (Å²) in [5.41, 5.74) is 0.726. The molecule has 1 fully saturated rings. The van der Waals surface area contributed by atoms with Gasteiger partial charge in [0, 0.05) is 37.6 Å². The van der Waals surface area contributed by atoms with Crippen molar-refractivity contribution in [3.63, 3.8) is 0 Å². The van der Waals surface area contributed by atoms with Gasteiger partial charge in [0.2, 0.25) is 5.95 Å². The lowest BCUT2D eigenvalue weighted by Gasteiger charge is -2.43. The fraction of sp³-hybridized carbons (Fsp3) is 0.476. The number of aromatic nitrogens is 2. The third-order valence-electron chi connectivity index (χ3n) is 5.38. The number of carboxylic acids is 1. The molecule has 0 aliphatic carbocycles. The number of rotatable bonds is 8. The van der Waals surface area contributed by atoms with Crippen molar-refractivity contribution in [3.8, 4) is 0 Å². The Morgan fingerprint density at radius 1 is 1.25 bits per heavy atom. The quantitative estimate of drug-likeness (QED) is 0.641. The molecular weight excluding hydrogens is 356 g/mol. The maximum atomic E-state index is 12.1. The molecule has 28 heavy (non-hydrogen) atoms. The number of carbonyl (C=O) groups is 1. The van der Waals surface area contributed by atoms with Gasteiger partial charge in [-0.25, -0.2) is 9.97 Å². The molecule has 3 N–H and O–H groups in total. The molecule has 0 radical (unpaired) electrons. The van der Waals surface area contributed by atoms with Gasteiger partial charge in [0.25, 0.3) is 0 Å². The predicted molar refractivity (Wildman–Crippen MR) is 107 cm³/mol. The van der Waals surface area contributed by atoms with Crippen LogP contribution in [0.3, 0.4) is 0 Å². The van der Waals surface area contributed by atoms with Crippen LogP contribution >= 0.6 is 0 Å². The fourth-order valence-corrected chi connectivity index (χ4v) is 3.69. The van der Waals surface area contributed by atoms with E-state index in [2.05, 4.69) is 27.1 Å². The van der Waals surface area contributed by atoms with E-state index in [0.29, 0.717) is 38.4 Å². The van der Waals surface area contributed by atoms with Crippen molar-refractivity contribution in [1.82, 2.24) is 14.9 Å². The van der Waals surface area contributed by atoms with Gasteiger partial charge in [0.1, 0.15) is 5.41 Å². The van der Waals surface area contributed by atoms with E-state index < -0.39 is 17.5 Å². The average Bonchev–Trinajstić information content (AvgIpc) is 2.70. The molecule has 2 heterocycles. The van der Waals surface area contributed by atoms with Crippen LogP contribution in [0.5, 0.6) is 0 Å². The minimum Gasteiger partial charge on any atom is -0.481 e. The molecule has 7 nitrogen and oxygen atoms in total. The molecule has 1 aromatic heterocycles. The number of nitrogens with zero attached hydrogens (tertiary/aromatic N) is 3. The molecule has 0 unspecified atom stereocenters. The molecule has 0 spiro atoms. The summed E-state index contributed by atoms with van der Waals surface area (Å²) in [6.45, 7) is 4.42. The van der Waals surface area contributed by atoms with Crippen LogP contribution < -0.4 is 5.32 Å². The van der Waals surface area contributed by atoms with E-state index in [1.54, 1.807) is 12.4 Å². The van der Waals surface area contributed by atoms with Crippen LogP contribution in [0.4, 0.5) is 5.95 Å². The Morgan fingerprint density at radius 2 is 1.96 bits per heavy atom. The smallest absolute Gasteiger partial charge is 0.312 e. The second-order valence-electron chi connectivity index (χ2n) is 7.47. The Bertz CT molecular complexity index is 769. The number of carboxylic acid groups (broad SMARTS) is 1. The summed E-state index contributed by atoms with van der Waals surface area (Å²) in [6.07, 6.45) is 4.35. The Labute approximate surface area is 165 Å². The van der Waals surface area contributed by atoms with Gasteiger partial charge >= 0.3 is 5.97 Å². The number of anilines is 1. The van der Waals surface area contributed by atoms with Crippen molar-refractivity contribution in [3.05, 3.63) is 53.9 Å². The second-order valence-corrected chi connectivity index (χ2v) is 7.47. The lowest BCUT2D eigenvalue weighted by atomic mass is 9.71. The number of likely N-dealkylation sites (tertiary alicyclic amines) is 1. The number of piperidine rings is 1. The summed E-state index contributed by atoms with van der Waals surface area (Å²) >= 11 is 0. The number of aliphatic carboxylic acids is 1. The number of aliphatic hydroxyl groups is 1. The van der Waals surface area contributed by atoms with E-state index in [1.165, 1.54) is 0 Å². The van der Waals surface area contributed by atoms with Crippen LogP contribution in [0.25, 0.3) is 0 Å². The minimum absolute atomic E-state index is 0.314. The van der Waals surface area contributed by atoms with Crippen molar-refractivity contribution >= 4 is 11.9 Å². The molecule has 1 aromatic carbocycles. The molecule has 1 aliphatic heterocycles. The normalized spacial score (nSPS) is 22.7. The number of β-amino-alcohol motifs (C(OH)–C–C–N with tert-alkyl or cyclic N) is 1. The molecule has 150 valence electrons. The van der Waals surface area contributed by atoms with Gasteiger partial charge in [0.05, 0.1) is 6.10 Å². The van der Waals surface area contributed by atoms with Crippen molar-refractivity contribution in [1.29, 1.82) is 0 Å². The van der Waals surface area contributed by atoms with Gasteiger partial charge < -0.3 is 15.5 Å². The first kappa shape index (κ1) is 20.2. The number of aliphatic hydroxyl groups excluding tert-OH is 1. The van der Waals surface area contributed by atoms with Gasteiger partial charge in [0.15, 0.2) is 0 Å². The van der Waals surface area contributed by atoms with E-state index in [0.717, 1.165) is 24.1 Å². The van der Waals surface area contributed by atoms with Crippen LogP contribution in [0.1, 0.15) is 30.9 Å². The predicted octanol–water partition coefficient (Wildman–Crippen LogP) is 2.18. The molecule has 0 bridgehead atoms. The highest BCUT2D eigenvalue weighted by Crippen LogP contribution is 2.36. The maximum absolute atomic E-state index is 12.1. The SMILES string of the molecule is CCCNc1ncc(CN2CC[C@](Cc3ccccc3)(C(=O)O)[C@H](O)C2)cn1. The summed E-state index contributed by atoms with van der Waals surface area (Å²) in [5, 5.41) is 23.8. The molecule has 7 heteroatoms. The van der Waals surface area contributed by atoms with Crippen molar-refractivity contribution in [2.75, 3.05) is 25.0 Å². The monoisotopic (exact) mass is 384 g/mol. The van der Waals surface area contributed by atoms with Gasteiger partial charge in [-0.1, -0.05) is 37.3 Å². The summed E-state index contributed by atoms with van der Waals surface area (Å²) in [7, 11) is 0. The van der Waals surface area contributed by atoms with Crippen LogP contribution in [-0.2, 0) is 17.8 Å².